The second-order valence-corrected chi connectivity index (χ2v) is 5.98. The van der Waals surface area contributed by atoms with Gasteiger partial charge in [0, 0.05) is 11.6 Å². The first kappa shape index (κ1) is 16.4. The largest absolute Gasteiger partial charge is 0.482 e. The molecule has 1 aliphatic heterocycles. The van der Waals surface area contributed by atoms with Crippen molar-refractivity contribution in [2.24, 2.45) is 0 Å². The Morgan fingerprint density at radius 2 is 2.14 bits per heavy atom. The van der Waals surface area contributed by atoms with E-state index in [-0.39, 0.29) is 25.2 Å². The molecule has 1 atom stereocenters. The number of amides is 1. The number of ether oxygens (including phenoxy) is 1. The van der Waals surface area contributed by atoms with Gasteiger partial charge in [0.1, 0.15) is 5.75 Å². The van der Waals surface area contributed by atoms with Crippen molar-refractivity contribution in [1.82, 2.24) is 4.90 Å². The summed E-state index contributed by atoms with van der Waals surface area (Å²) in [4.78, 5) is 14.0. The van der Waals surface area contributed by atoms with E-state index in [1.165, 1.54) is 0 Å². The van der Waals surface area contributed by atoms with E-state index in [4.69, 9.17) is 27.9 Å². The molecule has 21 heavy (non-hydrogen) atoms. The van der Waals surface area contributed by atoms with Gasteiger partial charge in [-0.25, -0.2) is 0 Å². The van der Waals surface area contributed by atoms with Crippen molar-refractivity contribution in [2.45, 2.75) is 31.7 Å². The van der Waals surface area contributed by atoms with Crippen LogP contribution in [0.2, 0.25) is 10.0 Å². The van der Waals surface area contributed by atoms with Gasteiger partial charge >= 0.3 is 0 Å². The molecule has 0 aliphatic carbocycles. The number of aliphatic hydroxyl groups excluding tert-OH is 1. The van der Waals surface area contributed by atoms with Crippen LogP contribution in [0.15, 0.2) is 18.2 Å². The van der Waals surface area contributed by atoms with Crippen LogP contribution < -0.4 is 4.74 Å². The Labute approximate surface area is 134 Å². The van der Waals surface area contributed by atoms with Crippen LogP contribution in [-0.2, 0) is 4.79 Å². The van der Waals surface area contributed by atoms with Crippen LogP contribution in [0, 0.1) is 0 Å². The van der Waals surface area contributed by atoms with E-state index in [2.05, 4.69) is 0 Å². The van der Waals surface area contributed by atoms with Crippen LogP contribution in [0.5, 0.6) is 5.75 Å². The molecule has 0 spiro atoms. The van der Waals surface area contributed by atoms with Crippen LogP contribution in [-0.4, -0.2) is 41.7 Å². The Morgan fingerprint density at radius 1 is 1.33 bits per heavy atom. The van der Waals surface area contributed by atoms with Gasteiger partial charge in [0.05, 0.1) is 17.7 Å². The molecule has 6 heteroatoms. The molecule has 1 heterocycles. The first-order chi connectivity index (χ1) is 10.1. The zero-order valence-corrected chi connectivity index (χ0v) is 13.2. The average Bonchev–Trinajstić information content (AvgIpc) is 2.71. The van der Waals surface area contributed by atoms with Gasteiger partial charge in [-0.2, -0.15) is 0 Å². The number of carbonyl (C=O) groups excluding carboxylic acids is 1. The summed E-state index contributed by atoms with van der Waals surface area (Å²) in [5.41, 5.74) is 0. The van der Waals surface area contributed by atoms with E-state index in [0.717, 1.165) is 25.7 Å². The van der Waals surface area contributed by atoms with E-state index >= 15 is 0 Å². The molecule has 1 saturated heterocycles. The van der Waals surface area contributed by atoms with Crippen molar-refractivity contribution in [2.75, 3.05) is 19.8 Å². The van der Waals surface area contributed by atoms with E-state index in [9.17, 15) is 9.90 Å². The second kappa shape index (κ2) is 7.87. The number of hydrogen-bond acceptors (Lipinski definition) is 3. The molecule has 1 unspecified atom stereocenters. The third-order valence-electron chi connectivity index (χ3n) is 3.65. The van der Waals surface area contributed by atoms with Gasteiger partial charge in [-0.1, -0.05) is 36.0 Å². The topological polar surface area (TPSA) is 49.8 Å². The lowest BCUT2D eigenvalue weighted by Gasteiger charge is -2.28. The average molecular weight is 332 g/mol. The van der Waals surface area contributed by atoms with Crippen molar-refractivity contribution in [3.05, 3.63) is 28.2 Å². The van der Waals surface area contributed by atoms with Gasteiger partial charge in [0.15, 0.2) is 6.61 Å². The maximum atomic E-state index is 12.3. The van der Waals surface area contributed by atoms with Gasteiger partial charge in [-0.05, 0) is 31.0 Å². The Hall–Kier alpha value is -0.970. The number of benzene rings is 1. The lowest BCUT2D eigenvalue weighted by Crippen LogP contribution is -2.44. The first-order valence-corrected chi connectivity index (χ1v) is 7.85. The minimum atomic E-state index is -0.123. The summed E-state index contributed by atoms with van der Waals surface area (Å²) in [6, 6.07) is 4.77. The number of aliphatic hydroxyl groups is 1. The van der Waals surface area contributed by atoms with Gasteiger partial charge < -0.3 is 14.7 Å². The maximum absolute atomic E-state index is 12.3. The molecule has 0 aromatic heterocycles. The Balaban J connectivity index is 1.96. The number of nitrogens with zero attached hydrogens (tertiary/aromatic N) is 1. The van der Waals surface area contributed by atoms with E-state index in [0.29, 0.717) is 22.3 Å². The molecule has 1 aliphatic rings. The summed E-state index contributed by atoms with van der Waals surface area (Å²) >= 11 is 11.8. The monoisotopic (exact) mass is 331 g/mol. The van der Waals surface area contributed by atoms with Crippen LogP contribution in [0.1, 0.15) is 25.7 Å². The van der Waals surface area contributed by atoms with Crippen molar-refractivity contribution in [3.63, 3.8) is 0 Å². The number of likely N-dealkylation sites (tertiary alicyclic amines) is 1. The zero-order chi connectivity index (χ0) is 15.2. The molecule has 1 fully saturated rings. The highest BCUT2D eigenvalue weighted by atomic mass is 35.5. The van der Waals surface area contributed by atoms with E-state index in [1.807, 2.05) is 0 Å². The summed E-state index contributed by atoms with van der Waals surface area (Å²) in [7, 11) is 0. The van der Waals surface area contributed by atoms with Crippen LogP contribution >= 0.6 is 23.2 Å². The van der Waals surface area contributed by atoms with Gasteiger partial charge in [-0.3, -0.25) is 4.79 Å². The molecule has 0 saturated carbocycles. The molecule has 1 N–H and O–H groups in total. The van der Waals surface area contributed by atoms with E-state index in [1.54, 1.807) is 23.1 Å². The molecule has 0 bridgehead atoms. The number of carbonyl (C=O) groups is 1. The third-order valence-corrected chi connectivity index (χ3v) is 4.18. The Morgan fingerprint density at radius 3 is 2.86 bits per heavy atom. The van der Waals surface area contributed by atoms with Gasteiger partial charge in [0.25, 0.3) is 5.91 Å². The molecule has 1 amide bonds. The predicted molar refractivity (Wildman–Crippen MR) is 83.0 cm³/mol. The highest BCUT2D eigenvalue weighted by Gasteiger charge is 2.25. The van der Waals surface area contributed by atoms with Crippen LogP contribution in [0.3, 0.4) is 0 Å². The third kappa shape index (κ3) is 4.50. The second-order valence-electron chi connectivity index (χ2n) is 5.14. The fraction of sp³-hybridized carbons (Fsp3) is 0.533. The van der Waals surface area contributed by atoms with Gasteiger partial charge in [-0.15, -0.1) is 0 Å². The molecule has 4 nitrogen and oxygen atoms in total. The summed E-state index contributed by atoms with van der Waals surface area (Å²) in [6.07, 6.45) is 3.93. The quantitative estimate of drug-likeness (QED) is 0.922. The summed E-state index contributed by atoms with van der Waals surface area (Å²) in [5.74, 6) is 0.312. The minimum absolute atomic E-state index is 0.00651. The smallest absolute Gasteiger partial charge is 0.260 e. The first-order valence-electron chi connectivity index (χ1n) is 7.10. The SMILES string of the molecule is O=C(COc1ccc(Cl)cc1Cl)N1CCCCCC1CO. The zero-order valence-electron chi connectivity index (χ0n) is 11.7. The van der Waals surface area contributed by atoms with Gasteiger partial charge in [0.2, 0.25) is 0 Å². The van der Waals surface area contributed by atoms with Crippen molar-refractivity contribution in [1.29, 1.82) is 0 Å². The number of hydrogen-bond donors (Lipinski definition) is 1. The molecule has 1 aromatic rings. The Kier molecular flexibility index (Phi) is 6.15. The summed E-state index contributed by atoms with van der Waals surface area (Å²) in [6.45, 7) is 0.576. The highest BCUT2D eigenvalue weighted by molar-refractivity contribution is 6.35. The molecule has 0 radical (unpaired) electrons. The van der Waals surface area contributed by atoms with Crippen molar-refractivity contribution >= 4 is 29.1 Å². The number of rotatable bonds is 4. The molecular formula is C15H19Cl2NO3. The summed E-state index contributed by atoms with van der Waals surface area (Å²) < 4.78 is 5.48. The standard InChI is InChI=1S/C15H19Cl2NO3/c16-11-5-6-14(13(17)8-11)21-10-15(20)18-7-3-1-2-4-12(18)9-19/h5-6,8,12,19H,1-4,7,9-10H2. The molecule has 116 valence electrons. The van der Waals surface area contributed by atoms with Crippen molar-refractivity contribution in [3.8, 4) is 5.75 Å². The van der Waals surface area contributed by atoms with Crippen LogP contribution in [0.25, 0.3) is 0 Å². The molecule has 1 aromatic carbocycles. The lowest BCUT2D eigenvalue weighted by molar-refractivity contribution is -0.136. The van der Waals surface area contributed by atoms with Crippen LogP contribution in [0.4, 0.5) is 0 Å². The highest BCUT2D eigenvalue weighted by Crippen LogP contribution is 2.27. The van der Waals surface area contributed by atoms with Crippen molar-refractivity contribution < 1.29 is 14.6 Å². The molecule has 2 rings (SSSR count). The number of halogens is 2. The molecular weight excluding hydrogens is 313 g/mol. The summed E-state index contributed by atoms with van der Waals surface area (Å²) in [5, 5.41) is 10.3. The fourth-order valence-corrected chi connectivity index (χ4v) is 2.97. The maximum Gasteiger partial charge on any atom is 0.260 e. The Bertz CT molecular complexity index is 496. The van der Waals surface area contributed by atoms with E-state index < -0.39 is 0 Å². The minimum Gasteiger partial charge on any atom is -0.482 e. The lowest BCUT2D eigenvalue weighted by atomic mass is 10.1. The predicted octanol–water partition coefficient (Wildman–Crippen LogP) is 3.14. The fourth-order valence-electron chi connectivity index (χ4n) is 2.51. The normalized spacial score (nSPS) is 19.2.